The predicted octanol–water partition coefficient (Wildman–Crippen LogP) is 1.58. The molecule has 1 aliphatic rings. The van der Waals surface area contributed by atoms with E-state index in [1.165, 1.54) is 6.07 Å². The van der Waals surface area contributed by atoms with E-state index in [0.29, 0.717) is 18.7 Å². The molecule has 7 heteroatoms. The molecule has 2 rings (SSSR count). The third kappa shape index (κ3) is 3.17. The second-order valence-electron chi connectivity index (χ2n) is 4.61. The summed E-state index contributed by atoms with van der Waals surface area (Å²) in [6.45, 7) is 0. The van der Waals surface area contributed by atoms with Gasteiger partial charge in [0.15, 0.2) is 0 Å². The molecular formula is C12H14N4O3. The van der Waals surface area contributed by atoms with Crippen molar-refractivity contribution in [3.05, 3.63) is 27.9 Å². The molecule has 0 bridgehead atoms. The zero-order valence-electron chi connectivity index (χ0n) is 10.2. The van der Waals surface area contributed by atoms with Crippen molar-refractivity contribution in [2.24, 2.45) is 0 Å². The molecule has 1 fully saturated rings. The number of aromatic nitrogens is 1. The normalized spacial score (nSPS) is 22.5. The van der Waals surface area contributed by atoms with Crippen LogP contribution in [0.25, 0.3) is 0 Å². The molecule has 0 atom stereocenters. The summed E-state index contributed by atoms with van der Waals surface area (Å²) in [7, 11) is 0. The minimum absolute atomic E-state index is 0.143. The van der Waals surface area contributed by atoms with Gasteiger partial charge in [-0.25, -0.2) is 4.98 Å². The van der Waals surface area contributed by atoms with E-state index in [4.69, 9.17) is 5.26 Å². The Balaban J connectivity index is 2.12. The molecule has 1 aromatic heterocycles. The lowest BCUT2D eigenvalue weighted by Gasteiger charge is -2.26. The molecule has 19 heavy (non-hydrogen) atoms. The van der Waals surface area contributed by atoms with Crippen molar-refractivity contribution < 1.29 is 10.0 Å². The van der Waals surface area contributed by atoms with Crippen LogP contribution < -0.4 is 5.32 Å². The second kappa shape index (κ2) is 5.63. The number of aliphatic hydroxyl groups excluding tert-OH is 1. The first-order valence-electron chi connectivity index (χ1n) is 6.09. The van der Waals surface area contributed by atoms with Crippen LogP contribution in [-0.4, -0.2) is 27.2 Å². The number of nitrogens with zero attached hydrogens (tertiary/aromatic N) is 3. The van der Waals surface area contributed by atoms with Gasteiger partial charge in [0.25, 0.3) is 5.69 Å². The van der Waals surface area contributed by atoms with Gasteiger partial charge >= 0.3 is 0 Å². The molecule has 0 saturated heterocycles. The van der Waals surface area contributed by atoms with E-state index in [9.17, 15) is 15.2 Å². The van der Waals surface area contributed by atoms with Crippen LogP contribution in [0.15, 0.2) is 12.3 Å². The van der Waals surface area contributed by atoms with Crippen molar-refractivity contribution in [1.82, 2.24) is 4.98 Å². The third-order valence-corrected chi connectivity index (χ3v) is 3.24. The molecule has 0 aliphatic heterocycles. The minimum Gasteiger partial charge on any atom is -0.393 e. The fourth-order valence-electron chi connectivity index (χ4n) is 2.17. The highest BCUT2D eigenvalue weighted by Crippen LogP contribution is 2.24. The second-order valence-corrected chi connectivity index (χ2v) is 4.61. The highest BCUT2D eigenvalue weighted by Gasteiger charge is 2.21. The van der Waals surface area contributed by atoms with Crippen LogP contribution in [0, 0.1) is 21.4 Å². The van der Waals surface area contributed by atoms with Crippen LogP contribution in [0.4, 0.5) is 11.5 Å². The van der Waals surface area contributed by atoms with E-state index < -0.39 is 4.92 Å². The van der Waals surface area contributed by atoms with Crippen molar-refractivity contribution in [2.75, 3.05) is 5.32 Å². The summed E-state index contributed by atoms with van der Waals surface area (Å²) in [5, 5.41) is 32.2. The van der Waals surface area contributed by atoms with Gasteiger partial charge in [-0.2, -0.15) is 5.26 Å². The number of hydrogen-bond acceptors (Lipinski definition) is 6. The Bertz CT molecular complexity index is 518. The summed E-state index contributed by atoms with van der Waals surface area (Å²) in [5.74, 6) is 0.370. The van der Waals surface area contributed by atoms with Crippen LogP contribution in [0.2, 0.25) is 0 Å². The largest absolute Gasteiger partial charge is 0.393 e. The highest BCUT2D eigenvalue weighted by atomic mass is 16.6. The first-order chi connectivity index (χ1) is 9.10. The lowest BCUT2D eigenvalue weighted by molar-refractivity contribution is -0.385. The molecule has 0 spiro atoms. The van der Waals surface area contributed by atoms with Gasteiger partial charge in [0, 0.05) is 12.1 Å². The quantitative estimate of drug-likeness (QED) is 0.631. The predicted molar refractivity (Wildman–Crippen MR) is 67.5 cm³/mol. The smallest absolute Gasteiger partial charge is 0.289 e. The summed E-state index contributed by atoms with van der Waals surface area (Å²) in [6.07, 6.45) is 3.91. The first-order valence-corrected chi connectivity index (χ1v) is 6.09. The van der Waals surface area contributed by atoms with Gasteiger partial charge < -0.3 is 10.4 Å². The molecule has 0 radical (unpaired) electrons. The summed E-state index contributed by atoms with van der Waals surface area (Å²) in [5.41, 5.74) is -0.0264. The minimum atomic E-state index is -0.575. The van der Waals surface area contributed by atoms with Gasteiger partial charge in [0.05, 0.1) is 11.0 Å². The molecule has 0 aromatic carbocycles. The maximum atomic E-state index is 10.6. The van der Waals surface area contributed by atoms with Crippen molar-refractivity contribution in [3.8, 4) is 6.07 Å². The topological polar surface area (TPSA) is 112 Å². The molecule has 2 N–H and O–H groups in total. The molecule has 1 aromatic rings. The van der Waals surface area contributed by atoms with Crippen LogP contribution in [-0.2, 0) is 0 Å². The van der Waals surface area contributed by atoms with Crippen molar-refractivity contribution >= 4 is 11.5 Å². The van der Waals surface area contributed by atoms with E-state index in [1.807, 2.05) is 6.07 Å². The number of aliphatic hydroxyl groups is 1. The van der Waals surface area contributed by atoms with Crippen molar-refractivity contribution in [3.63, 3.8) is 0 Å². The average molecular weight is 262 g/mol. The van der Waals surface area contributed by atoms with Crippen LogP contribution in [0.1, 0.15) is 31.2 Å². The van der Waals surface area contributed by atoms with E-state index in [1.54, 1.807) is 0 Å². The number of nitriles is 1. The number of pyridine rings is 1. The molecule has 1 saturated carbocycles. The van der Waals surface area contributed by atoms with Crippen molar-refractivity contribution in [2.45, 2.75) is 37.8 Å². The summed E-state index contributed by atoms with van der Waals surface area (Å²) in [4.78, 5) is 14.0. The van der Waals surface area contributed by atoms with Gasteiger partial charge in [-0.05, 0) is 25.7 Å². The van der Waals surface area contributed by atoms with E-state index in [-0.39, 0.29) is 23.4 Å². The van der Waals surface area contributed by atoms with E-state index in [0.717, 1.165) is 19.0 Å². The number of hydrogen-bond donors (Lipinski definition) is 2. The zero-order valence-corrected chi connectivity index (χ0v) is 10.2. The number of nitro groups is 1. The Kier molecular flexibility index (Phi) is 3.92. The van der Waals surface area contributed by atoms with E-state index in [2.05, 4.69) is 10.3 Å². The van der Waals surface area contributed by atoms with Crippen LogP contribution in [0.5, 0.6) is 0 Å². The SMILES string of the molecule is N#Cc1cc([N+](=O)[O-])cnc1NC1CCC(O)CC1. The fraction of sp³-hybridized carbons (Fsp3) is 0.500. The number of rotatable bonds is 3. The maximum absolute atomic E-state index is 10.6. The Morgan fingerprint density at radius 1 is 1.47 bits per heavy atom. The third-order valence-electron chi connectivity index (χ3n) is 3.24. The number of anilines is 1. The Labute approximate surface area is 110 Å². The lowest BCUT2D eigenvalue weighted by Crippen LogP contribution is -2.28. The molecule has 1 aliphatic carbocycles. The summed E-state index contributed by atoms with van der Waals surface area (Å²) < 4.78 is 0. The Hall–Kier alpha value is -2.20. The summed E-state index contributed by atoms with van der Waals surface area (Å²) >= 11 is 0. The monoisotopic (exact) mass is 262 g/mol. The van der Waals surface area contributed by atoms with Crippen molar-refractivity contribution in [1.29, 1.82) is 5.26 Å². The lowest BCUT2D eigenvalue weighted by atomic mass is 9.93. The fourth-order valence-corrected chi connectivity index (χ4v) is 2.17. The zero-order chi connectivity index (χ0) is 13.8. The maximum Gasteiger partial charge on any atom is 0.289 e. The van der Waals surface area contributed by atoms with E-state index >= 15 is 0 Å². The molecule has 1 heterocycles. The van der Waals surface area contributed by atoms with Crippen LogP contribution in [0.3, 0.4) is 0 Å². The average Bonchev–Trinajstić information content (AvgIpc) is 2.41. The summed E-state index contributed by atoms with van der Waals surface area (Å²) in [6, 6.07) is 3.27. The van der Waals surface area contributed by atoms with Gasteiger partial charge in [0.1, 0.15) is 23.6 Å². The molecule has 100 valence electrons. The number of nitrogens with one attached hydrogen (secondary N) is 1. The standard InChI is InChI=1S/C12H14N4O3/c13-6-8-5-10(16(18)19)7-14-12(8)15-9-1-3-11(17)4-2-9/h5,7,9,11,17H,1-4H2,(H,14,15). The van der Waals surface area contributed by atoms with Gasteiger partial charge in [-0.15, -0.1) is 0 Å². The Morgan fingerprint density at radius 3 is 2.74 bits per heavy atom. The molecular weight excluding hydrogens is 248 g/mol. The van der Waals surface area contributed by atoms with Gasteiger partial charge in [-0.1, -0.05) is 0 Å². The van der Waals surface area contributed by atoms with Gasteiger partial charge in [-0.3, -0.25) is 10.1 Å². The molecule has 0 amide bonds. The molecule has 7 nitrogen and oxygen atoms in total. The highest BCUT2D eigenvalue weighted by molar-refractivity contribution is 5.56. The molecule has 0 unspecified atom stereocenters. The van der Waals surface area contributed by atoms with Crippen LogP contribution >= 0.6 is 0 Å². The Morgan fingerprint density at radius 2 is 2.16 bits per heavy atom. The first kappa shape index (κ1) is 13.2. The van der Waals surface area contributed by atoms with Gasteiger partial charge in [0.2, 0.25) is 0 Å².